The molecule has 2 aromatic rings. The normalized spacial score (nSPS) is 12.2. The Labute approximate surface area is 135 Å². The van der Waals surface area contributed by atoms with Crippen LogP contribution < -0.4 is 11.2 Å². The molecule has 0 amide bonds. The van der Waals surface area contributed by atoms with E-state index in [9.17, 15) is 14.7 Å². The van der Waals surface area contributed by atoms with Gasteiger partial charge in [-0.05, 0) is 26.7 Å². The number of aromatic nitrogens is 4. The summed E-state index contributed by atoms with van der Waals surface area (Å²) in [5.74, 6) is 0.774. The van der Waals surface area contributed by atoms with E-state index < -0.39 is 11.3 Å². The molecule has 0 saturated carbocycles. The lowest BCUT2D eigenvalue weighted by Crippen LogP contribution is -2.35. The van der Waals surface area contributed by atoms with Crippen molar-refractivity contribution in [2.24, 2.45) is 7.05 Å². The largest absolute Gasteiger partial charge is 0.390 e. The number of aryl methyl sites for hydroxylation is 2. The van der Waals surface area contributed by atoms with Gasteiger partial charge < -0.3 is 9.67 Å². The zero-order valence-electron chi connectivity index (χ0n) is 14.3. The number of unbranched alkanes of at least 4 members (excludes halogenated alkanes) is 2. The summed E-state index contributed by atoms with van der Waals surface area (Å²) in [6.07, 6.45) is 3.86. The van der Waals surface area contributed by atoms with Crippen LogP contribution in [-0.2, 0) is 20.0 Å². The van der Waals surface area contributed by atoms with Gasteiger partial charge in [-0.25, -0.2) is 9.78 Å². The van der Waals surface area contributed by atoms with Crippen LogP contribution in [-0.4, -0.2) is 29.8 Å². The van der Waals surface area contributed by atoms with E-state index in [4.69, 9.17) is 0 Å². The highest BCUT2D eigenvalue weighted by Gasteiger charge is 2.15. The third-order valence-electron chi connectivity index (χ3n) is 4.09. The molecule has 2 aromatic heterocycles. The van der Waals surface area contributed by atoms with Crippen LogP contribution in [0.25, 0.3) is 11.2 Å². The van der Waals surface area contributed by atoms with Crippen molar-refractivity contribution >= 4 is 11.2 Å². The van der Waals surface area contributed by atoms with Crippen molar-refractivity contribution in [3.63, 3.8) is 0 Å². The molecule has 7 heteroatoms. The molecule has 0 aromatic carbocycles. The van der Waals surface area contributed by atoms with E-state index in [1.54, 1.807) is 25.5 Å². The number of aliphatic hydroxyl groups is 1. The van der Waals surface area contributed by atoms with Gasteiger partial charge in [-0.2, -0.15) is 0 Å². The number of hydrogen-bond acceptors (Lipinski definition) is 4. The Morgan fingerprint density at radius 2 is 1.91 bits per heavy atom. The third kappa shape index (κ3) is 3.90. The van der Waals surface area contributed by atoms with Gasteiger partial charge in [0.2, 0.25) is 0 Å². The molecule has 0 fully saturated rings. The van der Waals surface area contributed by atoms with Crippen molar-refractivity contribution in [2.75, 3.05) is 0 Å². The molecule has 128 valence electrons. The molecule has 0 unspecified atom stereocenters. The summed E-state index contributed by atoms with van der Waals surface area (Å²) < 4.78 is 2.99. The maximum atomic E-state index is 12.6. The standard InChI is InChI=1S/C16H26N4O3/c1-5-11-17-13-12(19(11)4)14(21)20(15(22)18-13)10-8-6-7-9-16(2,3)23/h23H,5-10H2,1-4H3,(H,18,22). The minimum absolute atomic E-state index is 0.291. The summed E-state index contributed by atoms with van der Waals surface area (Å²) in [4.78, 5) is 31.7. The molecular formula is C16H26N4O3. The Bertz CT molecular complexity index is 792. The van der Waals surface area contributed by atoms with E-state index in [-0.39, 0.29) is 5.56 Å². The van der Waals surface area contributed by atoms with Crippen LogP contribution in [0.5, 0.6) is 0 Å². The van der Waals surface area contributed by atoms with Gasteiger partial charge in [0.25, 0.3) is 5.56 Å². The highest BCUT2D eigenvalue weighted by Crippen LogP contribution is 2.13. The van der Waals surface area contributed by atoms with E-state index in [0.29, 0.717) is 30.6 Å². The van der Waals surface area contributed by atoms with Crippen LogP contribution in [0.15, 0.2) is 9.59 Å². The molecule has 0 spiro atoms. The Balaban J connectivity index is 2.17. The number of imidazole rings is 1. The fraction of sp³-hybridized carbons (Fsp3) is 0.688. The summed E-state index contributed by atoms with van der Waals surface area (Å²) in [6, 6.07) is 0. The molecule has 0 aliphatic rings. The smallest absolute Gasteiger partial charge is 0.330 e. The zero-order chi connectivity index (χ0) is 17.2. The van der Waals surface area contributed by atoms with Crippen LogP contribution in [0, 0.1) is 0 Å². The maximum Gasteiger partial charge on any atom is 0.330 e. The molecular weight excluding hydrogens is 296 g/mol. The Hall–Kier alpha value is -1.89. The lowest BCUT2D eigenvalue weighted by atomic mass is 10.0. The van der Waals surface area contributed by atoms with Crippen molar-refractivity contribution in [3.8, 4) is 0 Å². The quantitative estimate of drug-likeness (QED) is 0.752. The first kappa shape index (κ1) is 17.5. The van der Waals surface area contributed by atoms with Gasteiger partial charge in [0.15, 0.2) is 11.2 Å². The number of fused-ring (bicyclic) bond motifs is 1. The predicted molar refractivity (Wildman–Crippen MR) is 89.7 cm³/mol. The molecule has 0 aliphatic heterocycles. The van der Waals surface area contributed by atoms with E-state index in [2.05, 4.69) is 9.97 Å². The average Bonchev–Trinajstić information content (AvgIpc) is 2.76. The minimum Gasteiger partial charge on any atom is -0.390 e. The van der Waals surface area contributed by atoms with Gasteiger partial charge in [0.05, 0.1) is 5.60 Å². The summed E-state index contributed by atoms with van der Waals surface area (Å²) >= 11 is 0. The Kier molecular flexibility index (Phi) is 5.09. The first-order valence-electron chi connectivity index (χ1n) is 8.15. The molecule has 0 atom stereocenters. The topological polar surface area (TPSA) is 92.9 Å². The molecule has 0 bridgehead atoms. The van der Waals surface area contributed by atoms with Crippen LogP contribution >= 0.6 is 0 Å². The zero-order valence-corrected chi connectivity index (χ0v) is 14.3. The van der Waals surface area contributed by atoms with Crippen LogP contribution in [0.2, 0.25) is 0 Å². The van der Waals surface area contributed by atoms with E-state index in [1.165, 1.54) is 4.57 Å². The predicted octanol–water partition coefficient (Wildman–Crippen LogP) is 1.32. The van der Waals surface area contributed by atoms with Gasteiger partial charge in [-0.1, -0.05) is 19.8 Å². The van der Waals surface area contributed by atoms with Gasteiger partial charge >= 0.3 is 5.69 Å². The second-order valence-corrected chi connectivity index (χ2v) is 6.65. The Morgan fingerprint density at radius 3 is 2.52 bits per heavy atom. The first-order valence-corrected chi connectivity index (χ1v) is 8.15. The second-order valence-electron chi connectivity index (χ2n) is 6.65. The van der Waals surface area contributed by atoms with Gasteiger partial charge in [0, 0.05) is 20.0 Å². The summed E-state index contributed by atoms with van der Waals surface area (Å²) in [7, 11) is 1.79. The van der Waals surface area contributed by atoms with E-state index in [1.807, 2.05) is 6.92 Å². The lowest BCUT2D eigenvalue weighted by Gasteiger charge is -2.16. The monoisotopic (exact) mass is 322 g/mol. The fourth-order valence-electron chi connectivity index (χ4n) is 2.79. The molecule has 0 aliphatic carbocycles. The maximum absolute atomic E-state index is 12.6. The Morgan fingerprint density at radius 1 is 1.22 bits per heavy atom. The number of aromatic amines is 1. The molecule has 0 radical (unpaired) electrons. The summed E-state index contributed by atoms with van der Waals surface area (Å²) in [6.45, 7) is 5.90. The summed E-state index contributed by atoms with van der Waals surface area (Å²) in [5, 5.41) is 9.68. The summed E-state index contributed by atoms with van der Waals surface area (Å²) in [5.41, 5.74) is -0.569. The molecule has 2 heterocycles. The second kappa shape index (κ2) is 6.70. The van der Waals surface area contributed by atoms with Gasteiger partial charge in [-0.15, -0.1) is 0 Å². The van der Waals surface area contributed by atoms with Crippen LogP contribution in [0.3, 0.4) is 0 Å². The van der Waals surface area contributed by atoms with Crippen molar-refractivity contribution < 1.29 is 5.11 Å². The fourth-order valence-corrected chi connectivity index (χ4v) is 2.79. The highest BCUT2D eigenvalue weighted by atomic mass is 16.3. The number of H-pyrrole nitrogens is 1. The number of rotatable bonds is 7. The number of nitrogens with one attached hydrogen (secondary N) is 1. The van der Waals surface area contributed by atoms with Crippen LogP contribution in [0.1, 0.15) is 52.3 Å². The molecule has 0 saturated heterocycles. The average molecular weight is 322 g/mol. The first-order chi connectivity index (χ1) is 10.7. The van der Waals surface area contributed by atoms with Crippen molar-refractivity contribution in [3.05, 3.63) is 26.7 Å². The van der Waals surface area contributed by atoms with Crippen molar-refractivity contribution in [2.45, 2.75) is 65.0 Å². The highest BCUT2D eigenvalue weighted by molar-refractivity contribution is 5.69. The molecule has 7 nitrogen and oxygen atoms in total. The van der Waals surface area contributed by atoms with Crippen LogP contribution in [0.4, 0.5) is 0 Å². The van der Waals surface area contributed by atoms with Crippen molar-refractivity contribution in [1.29, 1.82) is 0 Å². The SMILES string of the molecule is CCc1nc2[nH]c(=O)n(CCCCCC(C)(C)O)c(=O)c2n1C. The minimum atomic E-state index is -0.668. The van der Waals surface area contributed by atoms with E-state index >= 15 is 0 Å². The van der Waals surface area contributed by atoms with E-state index in [0.717, 1.165) is 25.1 Å². The molecule has 2 rings (SSSR count). The lowest BCUT2D eigenvalue weighted by molar-refractivity contribution is 0.0679. The molecule has 23 heavy (non-hydrogen) atoms. The number of nitrogens with zero attached hydrogens (tertiary/aromatic N) is 3. The van der Waals surface area contributed by atoms with Gasteiger partial charge in [0.1, 0.15) is 5.82 Å². The van der Waals surface area contributed by atoms with Crippen molar-refractivity contribution in [1.82, 2.24) is 19.1 Å². The molecule has 2 N–H and O–H groups in total. The third-order valence-corrected chi connectivity index (χ3v) is 4.09. The number of hydrogen-bond donors (Lipinski definition) is 2. The van der Waals surface area contributed by atoms with Gasteiger partial charge in [-0.3, -0.25) is 14.3 Å².